The maximum atomic E-state index is 11.2. The molecule has 0 saturated carbocycles. The van der Waals surface area contributed by atoms with Crippen molar-refractivity contribution in [1.82, 2.24) is 4.90 Å². The van der Waals surface area contributed by atoms with Gasteiger partial charge in [0.2, 0.25) is 0 Å². The first-order valence-electron chi connectivity index (χ1n) is 7.28. The number of aliphatic carboxylic acids is 1. The van der Waals surface area contributed by atoms with Crippen LogP contribution in [0.2, 0.25) is 0 Å². The zero-order chi connectivity index (χ0) is 13.5. The number of rotatable bonds is 2. The second-order valence-electron chi connectivity index (χ2n) is 6.36. The Labute approximate surface area is 118 Å². The first-order valence-corrected chi connectivity index (χ1v) is 8.44. The van der Waals surface area contributed by atoms with Crippen LogP contribution in [0.5, 0.6) is 0 Å². The molecule has 4 atom stereocenters. The highest BCUT2D eigenvalue weighted by Crippen LogP contribution is 2.40. The Kier molecular flexibility index (Phi) is 3.80. The molecule has 4 nitrogen and oxygen atoms in total. The van der Waals surface area contributed by atoms with E-state index in [-0.39, 0.29) is 17.4 Å². The average Bonchev–Trinajstić information content (AvgIpc) is 2.97. The Morgan fingerprint density at radius 3 is 2.95 bits per heavy atom. The van der Waals surface area contributed by atoms with Crippen LogP contribution in [0.4, 0.5) is 0 Å². The summed E-state index contributed by atoms with van der Waals surface area (Å²) in [5.41, 5.74) is 0.0954. The third kappa shape index (κ3) is 2.65. The molecule has 19 heavy (non-hydrogen) atoms. The van der Waals surface area contributed by atoms with Crippen molar-refractivity contribution >= 4 is 17.7 Å². The van der Waals surface area contributed by atoms with E-state index in [4.69, 9.17) is 4.74 Å². The van der Waals surface area contributed by atoms with E-state index in [0.717, 1.165) is 38.3 Å². The molecule has 0 amide bonds. The summed E-state index contributed by atoms with van der Waals surface area (Å²) >= 11 is 1.99. The van der Waals surface area contributed by atoms with Crippen molar-refractivity contribution in [3.63, 3.8) is 0 Å². The lowest BCUT2D eigenvalue weighted by Crippen LogP contribution is -2.48. The van der Waals surface area contributed by atoms with E-state index >= 15 is 0 Å². The molecular formula is C14H23NO3S. The molecule has 1 spiro atoms. The van der Waals surface area contributed by atoms with Crippen LogP contribution < -0.4 is 0 Å². The Hall–Kier alpha value is -0.260. The van der Waals surface area contributed by atoms with Gasteiger partial charge in [-0.25, -0.2) is 0 Å². The summed E-state index contributed by atoms with van der Waals surface area (Å²) in [6.45, 7) is 4.57. The van der Waals surface area contributed by atoms with Crippen LogP contribution in [0.15, 0.2) is 0 Å². The van der Waals surface area contributed by atoms with E-state index in [9.17, 15) is 9.90 Å². The summed E-state index contributed by atoms with van der Waals surface area (Å²) in [6.07, 6.45) is 3.32. The zero-order valence-corrected chi connectivity index (χ0v) is 12.3. The summed E-state index contributed by atoms with van der Waals surface area (Å²) in [4.78, 5) is 13.6. The number of carboxylic acids is 1. The lowest BCUT2D eigenvalue weighted by Gasteiger charge is -2.41. The Morgan fingerprint density at radius 1 is 1.47 bits per heavy atom. The number of carbonyl (C=O) groups is 1. The third-order valence-electron chi connectivity index (χ3n) is 5.01. The maximum absolute atomic E-state index is 11.2. The van der Waals surface area contributed by atoms with E-state index < -0.39 is 5.97 Å². The molecule has 3 aliphatic rings. The predicted molar refractivity (Wildman–Crippen MR) is 75.5 cm³/mol. The monoisotopic (exact) mass is 285 g/mol. The summed E-state index contributed by atoms with van der Waals surface area (Å²) in [7, 11) is 0. The van der Waals surface area contributed by atoms with Gasteiger partial charge in [-0.1, -0.05) is 6.92 Å². The van der Waals surface area contributed by atoms with Gasteiger partial charge in [0.1, 0.15) is 0 Å². The molecule has 0 aromatic rings. The quantitative estimate of drug-likeness (QED) is 0.837. The molecule has 4 unspecified atom stereocenters. The van der Waals surface area contributed by atoms with Gasteiger partial charge in [0.15, 0.2) is 0 Å². The zero-order valence-electron chi connectivity index (χ0n) is 11.5. The molecule has 0 aromatic heterocycles. The molecule has 5 heteroatoms. The third-order valence-corrected chi connectivity index (χ3v) is 6.23. The molecule has 0 radical (unpaired) electrons. The number of hydrogen-bond donors (Lipinski definition) is 1. The lowest BCUT2D eigenvalue weighted by molar-refractivity contribution is -0.142. The molecule has 1 N–H and O–H groups in total. The van der Waals surface area contributed by atoms with E-state index in [1.807, 2.05) is 11.8 Å². The van der Waals surface area contributed by atoms with Crippen molar-refractivity contribution in [2.45, 2.75) is 37.8 Å². The first-order chi connectivity index (χ1) is 9.10. The minimum atomic E-state index is -0.631. The maximum Gasteiger partial charge on any atom is 0.308 e. The van der Waals surface area contributed by atoms with Crippen molar-refractivity contribution in [2.24, 2.45) is 11.8 Å². The fourth-order valence-electron chi connectivity index (χ4n) is 3.80. The van der Waals surface area contributed by atoms with Crippen LogP contribution in [0, 0.1) is 11.8 Å². The normalized spacial score (nSPS) is 43.9. The number of ether oxygens (including phenoxy) is 1. The minimum absolute atomic E-state index is 0.0954. The van der Waals surface area contributed by atoms with Crippen LogP contribution in [0.3, 0.4) is 0 Å². The molecule has 108 valence electrons. The topological polar surface area (TPSA) is 49.8 Å². The van der Waals surface area contributed by atoms with Crippen LogP contribution in [0.25, 0.3) is 0 Å². The molecule has 3 saturated heterocycles. The second kappa shape index (κ2) is 5.26. The van der Waals surface area contributed by atoms with Gasteiger partial charge in [-0.3, -0.25) is 9.69 Å². The first kappa shape index (κ1) is 13.7. The van der Waals surface area contributed by atoms with Crippen molar-refractivity contribution < 1.29 is 14.6 Å². The molecule has 3 aliphatic heterocycles. The molecule has 3 heterocycles. The molecule has 3 fully saturated rings. The van der Waals surface area contributed by atoms with Crippen LogP contribution in [0.1, 0.15) is 26.2 Å². The van der Waals surface area contributed by atoms with Crippen molar-refractivity contribution in [1.29, 1.82) is 0 Å². The SMILES string of the molecule is CC1CN(C2CCOC3(CCSC3)C2)CC1C(=O)O. The molecule has 0 aromatic carbocycles. The summed E-state index contributed by atoms with van der Waals surface area (Å²) in [5.74, 6) is 1.79. The number of hydrogen-bond acceptors (Lipinski definition) is 4. The largest absolute Gasteiger partial charge is 0.481 e. The number of likely N-dealkylation sites (tertiary alicyclic amines) is 1. The smallest absolute Gasteiger partial charge is 0.308 e. The van der Waals surface area contributed by atoms with Crippen LogP contribution in [-0.4, -0.2) is 58.8 Å². The van der Waals surface area contributed by atoms with E-state index in [0.29, 0.717) is 6.04 Å². The van der Waals surface area contributed by atoms with Gasteiger partial charge < -0.3 is 9.84 Å². The highest BCUT2D eigenvalue weighted by molar-refractivity contribution is 7.99. The summed E-state index contributed by atoms with van der Waals surface area (Å²) < 4.78 is 6.05. The molecule has 0 aliphatic carbocycles. The van der Waals surface area contributed by atoms with Gasteiger partial charge in [0.05, 0.1) is 11.5 Å². The van der Waals surface area contributed by atoms with Gasteiger partial charge in [0.25, 0.3) is 0 Å². The Morgan fingerprint density at radius 2 is 2.32 bits per heavy atom. The number of carboxylic acid groups (broad SMARTS) is 1. The van der Waals surface area contributed by atoms with E-state index in [1.54, 1.807) is 0 Å². The van der Waals surface area contributed by atoms with Crippen LogP contribution >= 0.6 is 11.8 Å². The number of nitrogens with zero attached hydrogens (tertiary/aromatic N) is 1. The van der Waals surface area contributed by atoms with E-state index in [2.05, 4.69) is 11.8 Å². The van der Waals surface area contributed by atoms with Crippen molar-refractivity contribution in [2.75, 3.05) is 31.2 Å². The predicted octanol–water partition coefficient (Wildman–Crippen LogP) is 1.69. The molecular weight excluding hydrogens is 262 g/mol. The van der Waals surface area contributed by atoms with Gasteiger partial charge in [-0.05, 0) is 30.9 Å². The van der Waals surface area contributed by atoms with Gasteiger partial charge in [-0.15, -0.1) is 0 Å². The molecule has 3 rings (SSSR count). The van der Waals surface area contributed by atoms with Crippen LogP contribution in [-0.2, 0) is 9.53 Å². The average molecular weight is 285 g/mol. The lowest BCUT2D eigenvalue weighted by atomic mass is 9.89. The Balaban J connectivity index is 1.65. The summed E-state index contributed by atoms with van der Waals surface area (Å²) in [5, 5.41) is 9.25. The Bertz CT molecular complexity index is 357. The summed E-state index contributed by atoms with van der Waals surface area (Å²) in [6, 6.07) is 0.527. The number of thioether (sulfide) groups is 1. The van der Waals surface area contributed by atoms with Gasteiger partial charge in [0, 0.05) is 31.5 Å². The minimum Gasteiger partial charge on any atom is -0.481 e. The highest BCUT2D eigenvalue weighted by Gasteiger charge is 2.45. The van der Waals surface area contributed by atoms with Gasteiger partial charge in [-0.2, -0.15) is 11.8 Å². The van der Waals surface area contributed by atoms with Crippen molar-refractivity contribution in [3.8, 4) is 0 Å². The van der Waals surface area contributed by atoms with Gasteiger partial charge >= 0.3 is 5.97 Å². The fourth-order valence-corrected chi connectivity index (χ4v) is 5.18. The van der Waals surface area contributed by atoms with E-state index in [1.165, 1.54) is 12.2 Å². The fraction of sp³-hybridized carbons (Fsp3) is 0.929. The molecule has 0 bridgehead atoms. The second-order valence-corrected chi connectivity index (χ2v) is 7.46. The highest BCUT2D eigenvalue weighted by atomic mass is 32.2. The van der Waals surface area contributed by atoms with Crippen molar-refractivity contribution in [3.05, 3.63) is 0 Å². The standard InChI is InChI=1S/C14H23NO3S/c1-10-7-15(8-12(10)13(16)17)11-2-4-18-14(6-11)3-5-19-9-14/h10-12H,2-9H2,1H3,(H,16,17).